The van der Waals surface area contributed by atoms with Gasteiger partial charge in [0.15, 0.2) is 6.61 Å². The van der Waals surface area contributed by atoms with E-state index in [2.05, 4.69) is 11.1 Å². The first kappa shape index (κ1) is 17.1. The predicted molar refractivity (Wildman–Crippen MR) is 94.7 cm³/mol. The first-order valence-electron chi connectivity index (χ1n) is 7.94. The second kappa shape index (κ2) is 7.86. The number of piperazine rings is 1. The van der Waals surface area contributed by atoms with E-state index >= 15 is 0 Å². The zero-order chi connectivity index (χ0) is 17.6. The molecule has 0 N–H and O–H groups in total. The number of benzene rings is 1. The number of rotatable bonds is 4. The Balaban J connectivity index is 1.54. The Labute approximate surface area is 151 Å². The van der Waals surface area contributed by atoms with Gasteiger partial charge in [-0.05, 0) is 24.3 Å². The average molecular weight is 357 g/mol. The number of nitriles is 1. The van der Waals surface area contributed by atoms with Crippen molar-refractivity contribution in [3.05, 3.63) is 53.2 Å². The Kier molecular flexibility index (Phi) is 5.36. The molecule has 1 aromatic heterocycles. The molecule has 6 nitrogen and oxygen atoms in total. The van der Waals surface area contributed by atoms with Crippen LogP contribution in [0, 0.1) is 11.3 Å². The summed E-state index contributed by atoms with van der Waals surface area (Å²) in [4.78, 5) is 20.4. The van der Waals surface area contributed by atoms with Gasteiger partial charge in [-0.1, -0.05) is 23.7 Å². The second-order valence-electron chi connectivity index (χ2n) is 5.57. The summed E-state index contributed by atoms with van der Waals surface area (Å²) in [6.45, 7) is 2.34. The van der Waals surface area contributed by atoms with E-state index in [1.54, 1.807) is 35.4 Å². The molecule has 2 aromatic rings. The maximum absolute atomic E-state index is 12.3. The van der Waals surface area contributed by atoms with Gasteiger partial charge in [0, 0.05) is 32.4 Å². The number of anilines is 1. The van der Waals surface area contributed by atoms with Crippen LogP contribution in [0.1, 0.15) is 5.56 Å². The van der Waals surface area contributed by atoms with Crippen LogP contribution >= 0.6 is 11.6 Å². The topological polar surface area (TPSA) is 69.5 Å². The van der Waals surface area contributed by atoms with Gasteiger partial charge in [-0.25, -0.2) is 4.98 Å². The summed E-state index contributed by atoms with van der Waals surface area (Å²) >= 11 is 6.02. The van der Waals surface area contributed by atoms with Gasteiger partial charge in [0.2, 0.25) is 0 Å². The Morgan fingerprint density at radius 2 is 1.96 bits per heavy atom. The van der Waals surface area contributed by atoms with Gasteiger partial charge in [0.1, 0.15) is 17.6 Å². The lowest BCUT2D eigenvalue weighted by Gasteiger charge is -2.35. The van der Waals surface area contributed by atoms with Crippen LogP contribution < -0.4 is 9.64 Å². The zero-order valence-electron chi connectivity index (χ0n) is 13.6. The average Bonchev–Trinajstić information content (AvgIpc) is 2.67. The summed E-state index contributed by atoms with van der Waals surface area (Å²) in [5, 5.41) is 9.67. The second-order valence-corrected chi connectivity index (χ2v) is 5.98. The number of nitrogens with zero attached hydrogens (tertiary/aromatic N) is 4. The monoisotopic (exact) mass is 356 g/mol. The molecule has 1 aliphatic heterocycles. The molecule has 0 radical (unpaired) electrons. The number of carbonyl (C=O) groups is 1. The summed E-state index contributed by atoms with van der Waals surface area (Å²) in [5.74, 6) is 1.09. The lowest BCUT2D eigenvalue weighted by Crippen LogP contribution is -2.50. The van der Waals surface area contributed by atoms with E-state index in [-0.39, 0.29) is 12.5 Å². The third kappa shape index (κ3) is 4.01. The SMILES string of the molecule is N#Cc1cccnc1N1CCN(C(=O)COc2ccccc2Cl)CC1. The Morgan fingerprint density at radius 3 is 2.68 bits per heavy atom. The molecule has 1 aliphatic rings. The van der Waals surface area contributed by atoms with Crippen LogP contribution in [0.3, 0.4) is 0 Å². The van der Waals surface area contributed by atoms with Crippen molar-refractivity contribution in [3.63, 3.8) is 0 Å². The van der Waals surface area contributed by atoms with E-state index in [4.69, 9.17) is 16.3 Å². The quantitative estimate of drug-likeness (QED) is 0.841. The first-order valence-corrected chi connectivity index (χ1v) is 8.32. The molecular weight excluding hydrogens is 340 g/mol. The molecule has 0 unspecified atom stereocenters. The number of aromatic nitrogens is 1. The Bertz CT molecular complexity index is 798. The van der Waals surface area contributed by atoms with E-state index < -0.39 is 0 Å². The van der Waals surface area contributed by atoms with Crippen molar-refractivity contribution >= 4 is 23.3 Å². The first-order chi connectivity index (χ1) is 12.2. The maximum Gasteiger partial charge on any atom is 0.260 e. The van der Waals surface area contributed by atoms with E-state index in [1.807, 2.05) is 17.0 Å². The highest BCUT2D eigenvalue weighted by Gasteiger charge is 2.23. The normalized spacial score (nSPS) is 14.1. The minimum atomic E-state index is -0.0823. The summed E-state index contributed by atoms with van der Waals surface area (Å²) in [5.41, 5.74) is 0.546. The Hall–Kier alpha value is -2.78. The number of halogens is 1. The summed E-state index contributed by atoms with van der Waals surface area (Å²) < 4.78 is 5.51. The lowest BCUT2D eigenvalue weighted by molar-refractivity contribution is -0.133. The fraction of sp³-hybridized carbons (Fsp3) is 0.278. The zero-order valence-corrected chi connectivity index (χ0v) is 14.3. The van der Waals surface area contributed by atoms with Crippen LogP contribution in [0.25, 0.3) is 0 Å². The molecule has 1 aromatic carbocycles. The van der Waals surface area contributed by atoms with Crippen LogP contribution in [-0.4, -0.2) is 48.6 Å². The molecule has 1 amide bonds. The molecule has 1 fully saturated rings. The summed E-state index contributed by atoms with van der Waals surface area (Å²) in [6, 6.07) is 12.7. The number of ether oxygens (including phenoxy) is 1. The van der Waals surface area contributed by atoms with E-state index in [0.29, 0.717) is 48.3 Å². The van der Waals surface area contributed by atoms with Crippen LogP contribution in [-0.2, 0) is 4.79 Å². The molecule has 25 heavy (non-hydrogen) atoms. The van der Waals surface area contributed by atoms with E-state index in [1.165, 1.54) is 0 Å². The van der Waals surface area contributed by atoms with Crippen molar-refractivity contribution < 1.29 is 9.53 Å². The Morgan fingerprint density at radius 1 is 1.20 bits per heavy atom. The van der Waals surface area contributed by atoms with Crippen molar-refractivity contribution in [2.45, 2.75) is 0 Å². The molecule has 3 rings (SSSR count). The van der Waals surface area contributed by atoms with Crippen molar-refractivity contribution in [2.75, 3.05) is 37.7 Å². The molecule has 128 valence electrons. The standard InChI is InChI=1S/C18H17ClN4O2/c19-15-5-1-2-6-16(15)25-13-17(24)22-8-10-23(11-9-22)18-14(12-20)4-3-7-21-18/h1-7H,8-11,13H2. The molecule has 2 heterocycles. The summed E-state index contributed by atoms with van der Waals surface area (Å²) in [7, 11) is 0. The van der Waals surface area contributed by atoms with E-state index in [9.17, 15) is 10.1 Å². The molecule has 1 saturated heterocycles. The van der Waals surface area contributed by atoms with Gasteiger partial charge in [0.05, 0.1) is 10.6 Å². The highest BCUT2D eigenvalue weighted by molar-refractivity contribution is 6.32. The lowest BCUT2D eigenvalue weighted by atomic mass is 10.2. The van der Waals surface area contributed by atoms with Crippen LogP contribution in [0.2, 0.25) is 5.02 Å². The number of pyridine rings is 1. The van der Waals surface area contributed by atoms with Gasteiger partial charge < -0.3 is 14.5 Å². The third-order valence-corrected chi connectivity index (χ3v) is 4.34. The van der Waals surface area contributed by atoms with Crippen molar-refractivity contribution in [3.8, 4) is 11.8 Å². The molecule has 0 saturated carbocycles. The van der Waals surface area contributed by atoms with Crippen LogP contribution in [0.4, 0.5) is 5.82 Å². The minimum Gasteiger partial charge on any atom is -0.482 e. The van der Waals surface area contributed by atoms with Gasteiger partial charge >= 0.3 is 0 Å². The third-order valence-electron chi connectivity index (χ3n) is 4.03. The van der Waals surface area contributed by atoms with Gasteiger partial charge in [-0.3, -0.25) is 4.79 Å². The number of carbonyl (C=O) groups excluding carboxylic acids is 1. The van der Waals surface area contributed by atoms with Gasteiger partial charge in [-0.2, -0.15) is 5.26 Å². The molecule has 0 atom stereocenters. The predicted octanol–water partition coefficient (Wildman–Crippen LogP) is 2.33. The highest BCUT2D eigenvalue weighted by Crippen LogP contribution is 2.23. The number of amides is 1. The van der Waals surface area contributed by atoms with Gasteiger partial charge in [0.25, 0.3) is 5.91 Å². The van der Waals surface area contributed by atoms with Crippen molar-refractivity contribution in [1.29, 1.82) is 5.26 Å². The summed E-state index contributed by atoms with van der Waals surface area (Å²) in [6.07, 6.45) is 1.67. The van der Waals surface area contributed by atoms with Gasteiger partial charge in [-0.15, -0.1) is 0 Å². The van der Waals surface area contributed by atoms with Crippen LogP contribution in [0.15, 0.2) is 42.6 Å². The molecular formula is C18H17ClN4O2. The van der Waals surface area contributed by atoms with Crippen molar-refractivity contribution in [1.82, 2.24) is 9.88 Å². The number of hydrogen-bond donors (Lipinski definition) is 0. The fourth-order valence-corrected chi connectivity index (χ4v) is 2.89. The van der Waals surface area contributed by atoms with Crippen molar-refractivity contribution in [2.24, 2.45) is 0 Å². The molecule has 0 bridgehead atoms. The molecule has 0 spiro atoms. The smallest absolute Gasteiger partial charge is 0.260 e. The molecule has 0 aliphatic carbocycles. The maximum atomic E-state index is 12.3. The molecule has 7 heteroatoms. The minimum absolute atomic E-state index is 0.0449. The van der Waals surface area contributed by atoms with E-state index in [0.717, 1.165) is 0 Å². The number of para-hydroxylation sites is 1. The highest BCUT2D eigenvalue weighted by atomic mass is 35.5. The number of hydrogen-bond acceptors (Lipinski definition) is 5. The van der Waals surface area contributed by atoms with Crippen LogP contribution in [0.5, 0.6) is 5.75 Å². The fourth-order valence-electron chi connectivity index (χ4n) is 2.70. The largest absolute Gasteiger partial charge is 0.482 e.